The molecule has 1 N–H and O–H groups in total. The van der Waals surface area contributed by atoms with Crippen LogP contribution in [0, 0.1) is 0 Å². The van der Waals surface area contributed by atoms with Crippen LogP contribution in [0.2, 0.25) is 0 Å². The highest BCUT2D eigenvalue weighted by molar-refractivity contribution is 7.07. The van der Waals surface area contributed by atoms with Crippen molar-refractivity contribution >= 4 is 17.4 Å². The molecule has 7 heteroatoms. The van der Waals surface area contributed by atoms with Crippen molar-refractivity contribution in [2.24, 2.45) is 0 Å². The van der Waals surface area contributed by atoms with Crippen LogP contribution in [0.4, 0.5) is 0 Å². The van der Waals surface area contributed by atoms with Crippen molar-refractivity contribution in [2.45, 2.75) is 13.0 Å². The van der Waals surface area contributed by atoms with Gasteiger partial charge in [-0.15, -0.1) is 0 Å². The maximum atomic E-state index is 12.5. The van der Waals surface area contributed by atoms with Gasteiger partial charge < -0.3 is 14.8 Å². The monoisotopic (exact) mass is 431 g/mol. The Balaban J connectivity index is 1.38. The zero-order chi connectivity index (χ0) is 21.5. The van der Waals surface area contributed by atoms with E-state index >= 15 is 0 Å². The zero-order valence-corrected chi connectivity index (χ0v) is 17.8. The van der Waals surface area contributed by atoms with Gasteiger partial charge in [0.25, 0.3) is 11.1 Å². The van der Waals surface area contributed by atoms with Crippen LogP contribution < -0.4 is 14.8 Å². The number of ether oxygens (including phenoxy) is 2. The van der Waals surface area contributed by atoms with Crippen molar-refractivity contribution < 1.29 is 14.3 Å². The molecule has 0 aliphatic rings. The summed E-state index contributed by atoms with van der Waals surface area (Å²) in [7, 11) is 1.64. The van der Waals surface area contributed by atoms with Gasteiger partial charge in [0.2, 0.25) is 0 Å². The summed E-state index contributed by atoms with van der Waals surface area (Å²) < 4.78 is 15.5. The van der Waals surface area contributed by atoms with Gasteiger partial charge in [-0.1, -0.05) is 48.5 Å². The van der Waals surface area contributed by atoms with Crippen LogP contribution in [0.5, 0.6) is 16.7 Å². The first-order valence-electron chi connectivity index (χ1n) is 9.75. The standard InChI is InChI=1S/C24H21N3O3S/c1-29-20-11-5-9-18(13-20)14-22-26-24(31-27-22)30-21-12-6-10-19(15-21)23(28)25-16-17-7-3-2-4-8-17/h2-13,15H,14,16H2,1H3,(H,25,28). The van der Waals surface area contributed by atoms with Crippen molar-refractivity contribution in [2.75, 3.05) is 7.11 Å². The molecular formula is C24H21N3O3S. The summed E-state index contributed by atoms with van der Waals surface area (Å²) in [6.45, 7) is 0.467. The maximum absolute atomic E-state index is 12.5. The minimum atomic E-state index is -0.162. The Morgan fingerprint density at radius 2 is 1.71 bits per heavy atom. The number of carbonyl (C=O) groups excluding carboxylic acids is 1. The summed E-state index contributed by atoms with van der Waals surface area (Å²) in [6, 6.07) is 24.6. The molecule has 1 amide bonds. The zero-order valence-electron chi connectivity index (χ0n) is 16.9. The summed E-state index contributed by atoms with van der Waals surface area (Å²) >= 11 is 1.18. The van der Waals surface area contributed by atoms with Gasteiger partial charge in [-0.05, 0) is 41.5 Å². The molecule has 0 unspecified atom stereocenters. The van der Waals surface area contributed by atoms with Gasteiger partial charge in [0.15, 0.2) is 5.82 Å². The van der Waals surface area contributed by atoms with Crippen molar-refractivity contribution in [3.05, 3.63) is 101 Å². The van der Waals surface area contributed by atoms with Gasteiger partial charge in [0.05, 0.1) is 7.11 Å². The van der Waals surface area contributed by atoms with Gasteiger partial charge >= 0.3 is 0 Å². The highest BCUT2D eigenvalue weighted by Crippen LogP contribution is 2.25. The molecule has 4 aromatic rings. The number of hydrogen-bond acceptors (Lipinski definition) is 6. The number of benzene rings is 3. The van der Waals surface area contributed by atoms with E-state index in [9.17, 15) is 4.79 Å². The number of nitrogens with zero attached hydrogens (tertiary/aromatic N) is 2. The van der Waals surface area contributed by atoms with Gasteiger partial charge in [0.1, 0.15) is 11.5 Å². The van der Waals surface area contributed by atoms with Crippen LogP contribution in [-0.4, -0.2) is 22.4 Å². The van der Waals surface area contributed by atoms with E-state index in [4.69, 9.17) is 9.47 Å². The molecule has 0 atom stereocenters. The molecule has 0 fully saturated rings. The van der Waals surface area contributed by atoms with E-state index in [1.807, 2.05) is 54.6 Å². The predicted molar refractivity (Wildman–Crippen MR) is 120 cm³/mol. The van der Waals surface area contributed by atoms with Crippen LogP contribution >= 0.6 is 11.5 Å². The van der Waals surface area contributed by atoms with E-state index in [-0.39, 0.29) is 5.91 Å². The van der Waals surface area contributed by atoms with Crippen molar-refractivity contribution in [1.29, 1.82) is 0 Å². The van der Waals surface area contributed by atoms with Gasteiger partial charge in [-0.3, -0.25) is 4.79 Å². The highest BCUT2D eigenvalue weighted by Gasteiger charge is 2.11. The van der Waals surface area contributed by atoms with Crippen molar-refractivity contribution in [3.8, 4) is 16.7 Å². The lowest BCUT2D eigenvalue weighted by atomic mass is 10.1. The third-order valence-electron chi connectivity index (χ3n) is 4.54. The van der Waals surface area contributed by atoms with E-state index in [0.717, 1.165) is 16.9 Å². The Kier molecular flexibility index (Phi) is 6.54. The van der Waals surface area contributed by atoms with E-state index in [2.05, 4.69) is 14.7 Å². The second-order valence-electron chi connectivity index (χ2n) is 6.80. The molecule has 0 saturated carbocycles. The number of amides is 1. The Bertz CT molecular complexity index is 1160. The number of nitrogens with one attached hydrogen (secondary N) is 1. The fraction of sp³-hybridized carbons (Fsp3) is 0.125. The highest BCUT2D eigenvalue weighted by atomic mass is 32.1. The minimum Gasteiger partial charge on any atom is -0.497 e. The van der Waals surface area contributed by atoms with Crippen molar-refractivity contribution in [1.82, 2.24) is 14.7 Å². The average molecular weight is 432 g/mol. The van der Waals surface area contributed by atoms with E-state index in [1.54, 1.807) is 31.4 Å². The second kappa shape index (κ2) is 9.86. The Labute approximate surface area is 184 Å². The fourth-order valence-electron chi connectivity index (χ4n) is 3.00. The summed E-state index contributed by atoms with van der Waals surface area (Å²) in [5.41, 5.74) is 2.62. The average Bonchev–Trinajstić information content (AvgIpc) is 3.25. The quantitative estimate of drug-likeness (QED) is 0.431. The molecule has 0 saturated heterocycles. The lowest BCUT2D eigenvalue weighted by molar-refractivity contribution is 0.0950. The first kappa shape index (κ1) is 20.6. The van der Waals surface area contributed by atoms with Crippen molar-refractivity contribution in [3.63, 3.8) is 0 Å². The summed E-state index contributed by atoms with van der Waals surface area (Å²) in [6.07, 6.45) is 0.582. The number of methoxy groups -OCH3 is 1. The number of aromatic nitrogens is 2. The Morgan fingerprint density at radius 3 is 2.55 bits per heavy atom. The van der Waals surface area contributed by atoms with Crippen LogP contribution in [-0.2, 0) is 13.0 Å². The molecule has 0 radical (unpaired) electrons. The third-order valence-corrected chi connectivity index (χ3v) is 5.18. The Morgan fingerprint density at radius 1 is 0.935 bits per heavy atom. The summed E-state index contributed by atoms with van der Waals surface area (Å²) in [5, 5.41) is 3.35. The molecule has 0 aliphatic carbocycles. The SMILES string of the molecule is COc1cccc(Cc2nsc(Oc3cccc(C(=O)NCc4ccccc4)c3)n2)c1. The predicted octanol–water partition coefficient (Wildman–Crippen LogP) is 4.86. The number of rotatable bonds is 8. The van der Waals surface area contributed by atoms with Crippen LogP contribution in [0.15, 0.2) is 78.9 Å². The molecule has 6 nitrogen and oxygen atoms in total. The first-order chi connectivity index (χ1) is 15.2. The van der Waals surface area contributed by atoms with E-state index in [1.165, 1.54) is 11.5 Å². The van der Waals surface area contributed by atoms with Crippen LogP contribution in [0.25, 0.3) is 0 Å². The second-order valence-corrected chi connectivity index (χ2v) is 7.52. The first-order valence-corrected chi connectivity index (χ1v) is 10.5. The molecule has 31 heavy (non-hydrogen) atoms. The molecular weight excluding hydrogens is 410 g/mol. The van der Waals surface area contributed by atoms with Crippen LogP contribution in [0.3, 0.4) is 0 Å². The fourth-order valence-corrected chi connectivity index (χ4v) is 3.57. The topological polar surface area (TPSA) is 73.3 Å². The number of hydrogen-bond donors (Lipinski definition) is 1. The smallest absolute Gasteiger partial charge is 0.298 e. The van der Waals surface area contributed by atoms with Gasteiger partial charge in [0, 0.05) is 30.1 Å². The third kappa shape index (κ3) is 5.67. The lowest BCUT2D eigenvalue weighted by Crippen LogP contribution is -2.22. The normalized spacial score (nSPS) is 10.5. The molecule has 1 heterocycles. The van der Waals surface area contributed by atoms with Gasteiger partial charge in [-0.25, -0.2) is 0 Å². The van der Waals surface area contributed by atoms with E-state index in [0.29, 0.717) is 35.3 Å². The number of carbonyl (C=O) groups is 1. The molecule has 156 valence electrons. The van der Waals surface area contributed by atoms with Gasteiger partial charge in [-0.2, -0.15) is 9.36 Å². The molecule has 3 aromatic carbocycles. The minimum absolute atomic E-state index is 0.162. The van der Waals surface area contributed by atoms with E-state index < -0.39 is 0 Å². The molecule has 0 aliphatic heterocycles. The molecule has 4 rings (SSSR count). The lowest BCUT2D eigenvalue weighted by Gasteiger charge is -2.07. The molecule has 1 aromatic heterocycles. The summed E-state index contributed by atoms with van der Waals surface area (Å²) in [5.74, 6) is 1.85. The van der Waals surface area contributed by atoms with Crippen LogP contribution in [0.1, 0.15) is 27.3 Å². The molecule has 0 spiro atoms. The Hall–Kier alpha value is -3.71. The molecule has 0 bridgehead atoms. The maximum Gasteiger partial charge on any atom is 0.298 e. The largest absolute Gasteiger partial charge is 0.497 e. The summed E-state index contributed by atoms with van der Waals surface area (Å²) in [4.78, 5) is 16.9.